The first-order valence-corrected chi connectivity index (χ1v) is 12.9. The fourth-order valence-electron chi connectivity index (χ4n) is 5.20. The van der Waals surface area contributed by atoms with E-state index in [-0.39, 0.29) is 29.9 Å². The Labute approximate surface area is 217 Å². The van der Waals surface area contributed by atoms with Crippen LogP contribution in [0.25, 0.3) is 6.08 Å². The molecule has 2 aromatic rings. The molecule has 8 heteroatoms. The number of rotatable bonds is 6. The molecule has 0 aliphatic carbocycles. The second-order valence-corrected chi connectivity index (χ2v) is 10.4. The number of hydrogen-bond acceptors (Lipinski definition) is 6. The molecular formula is C29H34N4O4. The summed E-state index contributed by atoms with van der Waals surface area (Å²) in [6, 6.07) is 11.6. The predicted octanol–water partition coefficient (Wildman–Crippen LogP) is 3.74. The molecule has 2 unspecified atom stereocenters. The van der Waals surface area contributed by atoms with Gasteiger partial charge in [-0.05, 0) is 86.1 Å². The van der Waals surface area contributed by atoms with Gasteiger partial charge < -0.3 is 20.5 Å². The molecule has 0 spiro atoms. The molecule has 0 aromatic heterocycles. The Kier molecular flexibility index (Phi) is 7.02. The molecule has 3 aliphatic heterocycles. The lowest BCUT2D eigenvalue weighted by Crippen LogP contribution is -2.43. The van der Waals surface area contributed by atoms with Gasteiger partial charge in [0.1, 0.15) is 5.75 Å². The van der Waals surface area contributed by atoms with Gasteiger partial charge in [0.25, 0.3) is 5.91 Å². The predicted molar refractivity (Wildman–Crippen MR) is 142 cm³/mol. The number of hydrogen-bond donors (Lipinski definition) is 3. The second kappa shape index (κ2) is 10.4. The molecule has 0 bridgehead atoms. The highest BCUT2D eigenvalue weighted by Crippen LogP contribution is 2.38. The average Bonchev–Trinajstić information content (AvgIpc) is 2.87. The van der Waals surface area contributed by atoms with E-state index in [0.717, 1.165) is 60.3 Å². The number of nitrogens with zero attached hydrogens (tertiary/aromatic N) is 1. The minimum absolute atomic E-state index is 0.0854. The highest BCUT2D eigenvalue weighted by molar-refractivity contribution is 5.98. The van der Waals surface area contributed by atoms with Crippen molar-refractivity contribution in [3.8, 4) is 5.75 Å². The second-order valence-electron chi connectivity index (χ2n) is 10.4. The summed E-state index contributed by atoms with van der Waals surface area (Å²) in [7, 11) is 0. The number of aryl methyl sites for hydroxylation is 1. The normalized spacial score (nSPS) is 22.3. The van der Waals surface area contributed by atoms with Crippen molar-refractivity contribution in [2.45, 2.75) is 63.6 Å². The molecule has 2 atom stereocenters. The first kappa shape index (κ1) is 25.0. The van der Waals surface area contributed by atoms with Gasteiger partial charge in [0.15, 0.2) is 5.96 Å². The molecule has 37 heavy (non-hydrogen) atoms. The summed E-state index contributed by atoms with van der Waals surface area (Å²) in [6.07, 6.45) is 7.94. The zero-order chi connectivity index (χ0) is 26.0. The summed E-state index contributed by atoms with van der Waals surface area (Å²) >= 11 is 0. The Hall–Kier alpha value is -3.65. The van der Waals surface area contributed by atoms with E-state index in [1.54, 1.807) is 0 Å². The number of benzene rings is 2. The van der Waals surface area contributed by atoms with Crippen LogP contribution in [0.15, 0.2) is 47.5 Å². The van der Waals surface area contributed by atoms with Crippen LogP contribution in [0.2, 0.25) is 0 Å². The van der Waals surface area contributed by atoms with Crippen LogP contribution in [0.1, 0.15) is 78.2 Å². The molecule has 0 fully saturated rings. The van der Waals surface area contributed by atoms with Gasteiger partial charge in [-0.25, -0.2) is 4.99 Å². The van der Waals surface area contributed by atoms with E-state index in [1.807, 2.05) is 18.2 Å². The van der Waals surface area contributed by atoms with Crippen molar-refractivity contribution in [3.05, 3.63) is 70.3 Å². The van der Waals surface area contributed by atoms with Gasteiger partial charge in [0.05, 0.1) is 30.9 Å². The van der Waals surface area contributed by atoms with E-state index in [2.05, 4.69) is 59.8 Å². The largest absolute Gasteiger partial charge is 0.493 e. The summed E-state index contributed by atoms with van der Waals surface area (Å²) in [5.41, 5.74) is 10.1. The van der Waals surface area contributed by atoms with E-state index in [1.165, 1.54) is 0 Å². The van der Waals surface area contributed by atoms with Crippen LogP contribution >= 0.6 is 0 Å². The fraction of sp³-hybridized carbons (Fsp3) is 0.414. The Morgan fingerprint density at radius 1 is 1.27 bits per heavy atom. The minimum Gasteiger partial charge on any atom is -0.493 e. The smallest absolute Gasteiger partial charge is 0.251 e. The number of allylic oxidation sites excluding steroid dienone is 1. The van der Waals surface area contributed by atoms with E-state index < -0.39 is 5.60 Å². The molecule has 0 radical (unpaired) electrons. The van der Waals surface area contributed by atoms with Crippen LogP contribution in [-0.4, -0.2) is 37.0 Å². The quantitative estimate of drug-likeness (QED) is 0.557. The summed E-state index contributed by atoms with van der Waals surface area (Å²) in [5.74, 6) is 0.860. The maximum atomic E-state index is 13.2. The zero-order valence-electron chi connectivity index (χ0n) is 21.4. The molecule has 2 aromatic carbocycles. The van der Waals surface area contributed by atoms with Crippen LogP contribution < -0.4 is 21.1 Å². The molecule has 0 saturated carbocycles. The molecule has 3 heterocycles. The Morgan fingerprint density at radius 3 is 2.97 bits per heavy atom. The van der Waals surface area contributed by atoms with Crippen molar-refractivity contribution < 1.29 is 19.1 Å². The Morgan fingerprint density at radius 2 is 2.14 bits per heavy atom. The fourth-order valence-corrected chi connectivity index (χ4v) is 5.20. The third-order valence-corrected chi connectivity index (χ3v) is 7.17. The topological polar surface area (TPSA) is 115 Å². The summed E-state index contributed by atoms with van der Waals surface area (Å²) < 4.78 is 11.8. The average molecular weight is 503 g/mol. The first-order chi connectivity index (χ1) is 17.8. The maximum absolute atomic E-state index is 13.2. The summed E-state index contributed by atoms with van der Waals surface area (Å²) in [4.78, 5) is 29.1. The SMILES string of the molecule is CC1(C)OCC(NC(=O)c2ccc3c(c2)CCCO3)c2cc(/C=C/CCC3CC(=O)NC(N)=N3)ccc21. The Bertz CT molecular complexity index is 1270. The van der Waals surface area contributed by atoms with Crippen LogP contribution in [0.5, 0.6) is 5.75 Å². The van der Waals surface area contributed by atoms with Crippen LogP contribution in [0.4, 0.5) is 0 Å². The van der Waals surface area contributed by atoms with Gasteiger partial charge in [0, 0.05) is 12.0 Å². The lowest BCUT2D eigenvalue weighted by Gasteiger charge is -2.37. The monoisotopic (exact) mass is 502 g/mol. The lowest BCUT2D eigenvalue weighted by molar-refractivity contribution is -0.120. The van der Waals surface area contributed by atoms with Gasteiger partial charge in [-0.1, -0.05) is 24.3 Å². The van der Waals surface area contributed by atoms with Gasteiger partial charge in [-0.15, -0.1) is 0 Å². The summed E-state index contributed by atoms with van der Waals surface area (Å²) in [5, 5.41) is 5.72. The molecule has 194 valence electrons. The lowest BCUT2D eigenvalue weighted by atomic mass is 9.85. The third kappa shape index (κ3) is 5.69. The minimum atomic E-state index is -0.443. The molecule has 2 amide bonds. The van der Waals surface area contributed by atoms with Crippen molar-refractivity contribution in [1.29, 1.82) is 0 Å². The number of aliphatic imine (C=N–C) groups is 1. The molecule has 3 aliphatic rings. The first-order valence-electron chi connectivity index (χ1n) is 12.9. The molecule has 8 nitrogen and oxygen atoms in total. The van der Waals surface area contributed by atoms with Gasteiger partial charge in [-0.2, -0.15) is 0 Å². The van der Waals surface area contributed by atoms with Crippen molar-refractivity contribution in [1.82, 2.24) is 10.6 Å². The number of ether oxygens (including phenoxy) is 2. The van der Waals surface area contributed by atoms with Gasteiger partial charge in [-0.3, -0.25) is 14.9 Å². The number of nitrogens with two attached hydrogens (primary N) is 1. The molecular weight excluding hydrogens is 468 g/mol. The number of carbonyl (C=O) groups is 2. The standard InChI is InChI=1S/C29H34N4O4/c1-29(2)23-11-9-18(6-3-4-8-21-16-26(34)33-28(30)31-21)14-22(23)24(17-37-29)32-27(35)20-10-12-25-19(15-20)7-5-13-36-25/h3,6,9-12,14-15,21,24H,4-5,7-8,13,16-17H2,1-2H3,(H,32,35)(H3,30,31,33,34)/b6-3+. The third-order valence-electron chi connectivity index (χ3n) is 7.17. The van der Waals surface area contributed by atoms with E-state index in [4.69, 9.17) is 15.2 Å². The number of carbonyl (C=O) groups excluding carboxylic acids is 2. The number of amides is 2. The Balaban J connectivity index is 1.29. The zero-order valence-corrected chi connectivity index (χ0v) is 21.4. The van der Waals surface area contributed by atoms with E-state index in [9.17, 15) is 9.59 Å². The summed E-state index contributed by atoms with van der Waals surface area (Å²) in [6.45, 7) is 5.22. The van der Waals surface area contributed by atoms with Gasteiger partial charge in [0.2, 0.25) is 5.91 Å². The van der Waals surface area contributed by atoms with Crippen molar-refractivity contribution in [2.75, 3.05) is 13.2 Å². The van der Waals surface area contributed by atoms with Crippen molar-refractivity contribution >= 4 is 23.8 Å². The number of guanidine groups is 1. The van der Waals surface area contributed by atoms with E-state index in [0.29, 0.717) is 18.6 Å². The van der Waals surface area contributed by atoms with E-state index >= 15 is 0 Å². The molecule has 5 rings (SSSR count). The molecule has 4 N–H and O–H groups in total. The van der Waals surface area contributed by atoms with Crippen molar-refractivity contribution in [3.63, 3.8) is 0 Å². The molecule has 0 saturated heterocycles. The van der Waals surface area contributed by atoms with Crippen LogP contribution in [0, 0.1) is 0 Å². The number of nitrogens with one attached hydrogen (secondary N) is 2. The van der Waals surface area contributed by atoms with Gasteiger partial charge >= 0.3 is 0 Å². The highest BCUT2D eigenvalue weighted by Gasteiger charge is 2.34. The number of fused-ring (bicyclic) bond motifs is 2. The van der Waals surface area contributed by atoms with Crippen molar-refractivity contribution in [2.24, 2.45) is 10.7 Å². The maximum Gasteiger partial charge on any atom is 0.251 e. The van der Waals surface area contributed by atoms with Crippen LogP contribution in [0.3, 0.4) is 0 Å². The highest BCUT2D eigenvalue weighted by atomic mass is 16.5. The van der Waals surface area contributed by atoms with Crippen LogP contribution in [-0.2, 0) is 21.6 Å².